The topological polar surface area (TPSA) is 74.6 Å². The maximum atomic E-state index is 12.4. The van der Waals surface area contributed by atoms with Crippen molar-refractivity contribution in [2.75, 3.05) is 38.0 Å². The quantitative estimate of drug-likeness (QED) is 0.604. The van der Waals surface area contributed by atoms with Crippen molar-refractivity contribution in [3.05, 3.63) is 48.2 Å². The molecule has 1 aliphatic carbocycles. The van der Waals surface area contributed by atoms with Gasteiger partial charge < -0.3 is 15.5 Å². The molecule has 0 bridgehead atoms. The van der Waals surface area contributed by atoms with Gasteiger partial charge in [0.1, 0.15) is 5.82 Å². The van der Waals surface area contributed by atoms with Crippen molar-refractivity contribution in [2.24, 2.45) is 5.92 Å². The maximum absolute atomic E-state index is 12.4. The Morgan fingerprint density at radius 2 is 1.87 bits per heavy atom. The average molecular weight is 405 g/mol. The van der Waals surface area contributed by atoms with E-state index < -0.39 is 0 Å². The summed E-state index contributed by atoms with van der Waals surface area (Å²) < 4.78 is 1.86. The maximum Gasteiger partial charge on any atom is 0.251 e. The fraction of sp³-hybridized carbons (Fsp3) is 0.435. The molecule has 0 radical (unpaired) electrons. The molecule has 156 valence electrons. The Bertz CT molecular complexity index is 1020. The van der Waals surface area contributed by atoms with E-state index >= 15 is 0 Å². The lowest BCUT2D eigenvalue weighted by Gasteiger charge is -2.14. The fourth-order valence-corrected chi connectivity index (χ4v) is 3.96. The minimum absolute atomic E-state index is 0.0245. The molecule has 1 saturated heterocycles. The van der Waals surface area contributed by atoms with E-state index in [1.807, 2.05) is 47.1 Å². The van der Waals surface area contributed by atoms with Crippen molar-refractivity contribution < 1.29 is 4.79 Å². The highest BCUT2D eigenvalue weighted by Gasteiger charge is 2.21. The lowest BCUT2D eigenvalue weighted by molar-refractivity contribution is 0.0950. The number of carbonyl (C=O) groups is 1. The van der Waals surface area contributed by atoms with E-state index in [9.17, 15) is 4.79 Å². The Labute approximate surface area is 176 Å². The highest BCUT2D eigenvalue weighted by atomic mass is 16.1. The third-order valence-electron chi connectivity index (χ3n) is 5.99. The summed E-state index contributed by atoms with van der Waals surface area (Å²) >= 11 is 0. The van der Waals surface area contributed by atoms with Gasteiger partial charge in [-0.25, -0.2) is 9.50 Å². The highest BCUT2D eigenvalue weighted by molar-refractivity contribution is 5.94. The second-order valence-corrected chi connectivity index (χ2v) is 8.34. The first-order chi connectivity index (χ1) is 14.8. The van der Waals surface area contributed by atoms with Crippen LogP contribution in [0.2, 0.25) is 0 Å². The SMILES string of the molecule is O=C(NCCN1CCCC1)c1ccc(-c2cnc3ccc(NCC4CC4)nn23)cc1. The number of fused-ring (bicyclic) bond motifs is 1. The smallest absolute Gasteiger partial charge is 0.251 e. The number of amides is 1. The highest BCUT2D eigenvalue weighted by Crippen LogP contribution is 2.29. The second-order valence-electron chi connectivity index (χ2n) is 8.34. The van der Waals surface area contributed by atoms with Crippen molar-refractivity contribution in [1.82, 2.24) is 24.8 Å². The van der Waals surface area contributed by atoms with Gasteiger partial charge in [-0.2, -0.15) is 0 Å². The van der Waals surface area contributed by atoms with Crippen molar-refractivity contribution in [1.29, 1.82) is 0 Å². The lowest BCUT2D eigenvalue weighted by atomic mass is 10.1. The van der Waals surface area contributed by atoms with Crippen LogP contribution < -0.4 is 10.6 Å². The number of nitrogens with one attached hydrogen (secondary N) is 2. The normalized spacial score (nSPS) is 16.8. The van der Waals surface area contributed by atoms with Crippen molar-refractivity contribution in [2.45, 2.75) is 25.7 Å². The van der Waals surface area contributed by atoms with Crippen LogP contribution in [0.3, 0.4) is 0 Å². The third-order valence-corrected chi connectivity index (χ3v) is 5.99. The molecule has 2 aromatic heterocycles. The number of hydrogen-bond donors (Lipinski definition) is 2. The number of hydrogen-bond acceptors (Lipinski definition) is 5. The summed E-state index contributed by atoms with van der Waals surface area (Å²) in [5.74, 6) is 1.63. The van der Waals surface area contributed by atoms with E-state index in [2.05, 4.69) is 20.5 Å². The van der Waals surface area contributed by atoms with Crippen LogP contribution in [0.4, 0.5) is 5.82 Å². The number of imidazole rings is 1. The van der Waals surface area contributed by atoms with E-state index in [0.29, 0.717) is 12.1 Å². The van der Waals surface area contributed by atoms with Crippen LogP contribution in [0.15, 0.2) is 42.6 Å². The Morgan fingerprint density at radius 3 is 2.63 bits per heavy atom. The van der Waals surface area contributed by atoms with Crippen LogP contribution in [-0.4, -0.2) is 58.1 Å². The summed E-state index contributed by atoms with van der Waals surface area (Å²) in [6.45, 7) is 4.89. The van der Waals surface area contributed by atoms with E-state index in [1.54, 1.807) is 0 Å². The van der Waals surface area contributed by atoms with Gasteiger partial charge in [0.05, 0.1) is 11.9 Å². The zero-order chi connectivity index (χ0) is 20.3. The average Bonchev–Trinajstić information content (AvgIpc) is 3.28. The van der Waals surface area contributed by atoms with Gasteiger partial charge in [0, 0.05) is 30.8 Å². The summed E-state index contributed by atoms with van der Waals surface area (Å²) in [4.78, 5) is 19.3. The standard InChI is InChI=1S/C23H28N6O/c30-23(24-11-14-28-12-1-2-13-28)19-7-5-18(6-8-19)20-16-26-22-10-9-21(27-29(20)22)25-15-17-3-4-17/h5-10,16-17H,1-4,11-15H2,(H,24,30)(H,25,27). The number of aromatic nitrogens is 3. The first-order valence-corrected chi connectivity index (χ1v) is 11.0. The molecule has 2 fully saturated rings. The Morgan fingerprint density at radius 1 is 1.07 bits per heavy atom. The largest absolute Gasteiger partial charge is 0.368 e. The molecular weight excluding hydrogens is 376 g/mol. The molecule has 3 aromatic rings. The van der Waals surface area contributed by atoms with Crippen molar-refractivity contribution in [3.8, 4) is 11.3 Å². The molecule has 2 aliphatic rings. The molecular formula is C23H28N6O. The predicted molar refractivity (Wildman–Crippen MR) is 118 cm³/mol. The van der Waals surface area contributed by atoms with Crippen LogP contribution in [0.1, 0.15) is 36.0 Å². The summed E-state index contributed by atoms with van der Waals surface area (Å²) in [5, 5.41) is 11.1. The number of nitrogens with zero attached hydrogens (tertiary/aromatic N) is 4. The number of likely N-dealkylation sites (tertiary alicyclic amines) is 1. The van der Waals surface area contributed by atoms with Gasteiger partial charge in [-0.1, -0.05) is 12.1 Å². The predicted octanol–water partition coefficient (Wildman–Crippen LogP) is 3.04. The van der Waals surface area contributed by atoms with Gasteiger partial charge >= 0.3 is 0 Å². The molecule has 7 heteroatoms. The van der Waals surface area contributed by atoms with Crippen molar-refractivity contribution >= 4 is 17.4 Å². The molecule has 0 spiro atoms. The monoisotopic (exact) mass is 404 g/mol. The zero-order valence-electron chi connectivity index (χ0n) is 17.2. The molecule has 0 atom stereocenters. The summed E-state index contributed by atoms with van der Waals surface area (Å²) in [6.07, 6.45) is 6.99. The second kappa shape index (κ2) is 8.44. The van der Waals surface area contributed by atoms with Gasteiger partial charge in [0.25, 0.3) is 5.91 Å². The zero-order valence-corrected chi connectivity index (χ0v) is 17.2. The van der Waals surface area contributed by atoms with Gasteiger partial charge in [0.2, 0.25) is 0 Å². The van der Waals surface area contributed by atoms with Gasteiger partial charge in [-0.15, -0.1) is 5.10 Å². The lowest BCUT2D eigenvalue weighted by Crippen LogP contribution is -2.33. The minimum Gasteiger partial charge on any atom is -0.368 e. The van der Waals surface area contributed by atoms with Crippen LogP contribution >= 0.6 is 0 Å². The number of carbonyl (C=O) groups excluding carboxylic acids is 1. The van der Waals surface area contributed by atoms with Crippen LogP contribution in [0.5, 0.6) is 0 Å². The molecule has 1 saturated carbocycles. The summed E-state index contributed by atoms with van der Waals surface area (Å²) in [6, 6.07) is 11.6. The molecule has 1 amide bonds. The molecule has 1 aromatic carbocycles. The Kier molecular flexibility index (Phi) is 5.36. The van der Waals surface area contributed by atoms with Gasteiger partial charge in [0.15, 0.2) is 5.65 Å². The Hall–Kier alpha value is -2.93. The molecule has 0 unspecified atom stereocenters. The van der Waals surface area contributed by atoms with E-state index in [4.69, 9.17) is 5.10 Å². The molecule has 1 aliphatic heterocycles. The van der Waals surface area contributed by atoms with Crippen LogP contribution in [-0.2, 0) is 0 Å². The van der Waals surface area contributed by atoms with Gasteiger partial charge in [-0.05, 0) is 69.0 Å². The Balaban J connectivity index is 1.25. The summed E-state index contributed by atoms with van der Waals surface area (Å²) in [7, 11) is 0. The molecule has 2 N–H and O–H groups in total. The van der Waals surface area contributed by atoms with E-state index in [0.717, 1.165) is 54.8 Å². The summed E-state index contributed by atoms with van der Waals surface area (Å²) in [5.41, 5.74) is 3.39. The third kappa shape index (κ3) is 4.31. The first kappa shape index (κ1) is 19.1. The number of anilines is 1. The van der Waals surface area contributed by atoms with Crippen LogP contribution in [0.25, 0.3) is 16.9 Å². The number of benzene rings is 1. The molecule has 30 heavy (non-hydrogen) atoms. The van der Waals surface area contributed by atoms with Crippen molar-refractivity contribution in [3.63, 3.8) is 0 Å². The first-order valence-electron chi connectivity index (χ1n) is 11.0. The van der Waals surface area contributed by atoms with Crippen LogP contribution in [0, 0.1) is 5.92 Å². The number of rotatable bonds is 8. The molecule has 7 nitrogen and oxygen atoms in total. The van der Waals surface area contributed by atoms with Gasteiger partial charge in [-0.3, -0.25) is 4.79 Å². The molecule has 3 heterocycles. The van der Waals surface area contributed by atoms with E-state index in [1.165, 1.54) is 25.7 Å². The van der Waals surface area contributed by atoms with E-state index in [-0.39, 0.29) is 5.91 Å². The molecule has 5 rings (SSSR count). The fourth-order valence-electron chi connectivity index (χ4n) is 3.96. The minimum atomic E-state index is -0.0245.